The first kappa shape index (κ1) is 20.3. The number of aromatic nitrogens is 1. The van der Waals surface area contributed by atoms with Crippen LogP contribution >= 0.6 is 0 Å². The highest BCUT2D eigenvalue weighted by Gasteiger charge is 2.33. The molecule has 6 heteroatoms. The van der Waals surface area contributed by atoms with Gasteiger partial charge in [0.05, 0.1) is 12.2 Å². The maximum absolute atomic E-state index is 12.5. The van der Waals surface area contributed by atoms with Crippen LogP contribution in [0.1, 0.15) is 68.7 Å². The van der Waals surface area contributed by atoms with Crippen molar-refractivity contribution in [2.45, 2.75) is 71.8 Å². The lowest BCUT2D eigenvalue weighted by molar-refractivity contribution is -0.124. The summed E-state index contributed by atoms with van der Waals surface area (Å²) in [5, 5.41) is 3.19. The summed E-state index contributed by atoms with van der Waals surface area (Å²) in [7, 11) is 0. The topological polar surface area (TPSA) is 84.4 Å². The van der Waals surface area contributed by atoms with Crippen molar-refractivity contribution in [3.8, 4) is 0 Å². The summed E-state index contributed by atoms with van der Waals surface area (Å²) in [4.78, 5) is 19.3. The Morgan fingerprint density at radius 1 is 1.26 bits per heavy atom. The smallest absolute Gasteiger partial charge is 0.220 e. The van der Waals surface area contributed by atoms with Crippen molar-refractivity contribution < 1.29 is 9.21 Å². The number of nitrogens with two attached hydrogens (primary N) is 1. The molecule has 0 unspecified atom stereocenters. The number of likely N-dealkylation sites (tertiary alicyclic amines) is 1. The van der Waals surface area contributed by atoms with Crippen LogP contribution in [-0.2, 0) is 11.3 Å². The molecule has 152 valence electrons. The molecule has 27 heavy (non-hydrogen) atoms. The number of rotatable bonds is 7. The van der Waals surface area contributed by atoms with Gasteiger partial charge in [0, 0.05) is 13.0 Å². The maximum atomic E-state index is 12.5. The molecular weight excluding hydrogens is 340 g/mol. The molecule has 1 aliphatic carbocycles. The molecular formula is C21H36N4O2. The van der Waals surface area contributed by atoms with Crippen molar-refractivity contribution in [3.05, 3.63) is 17.3 Å². The molecule has 3 rings (SSSR count). The van der Waals surface area contributed by atoms with Gasteiger partial charge in [-0.1, -0.05) is 19.3 Å². The minimum atomic E-state index is 0.0536. The Hall–Kier alpha value is -1.40. The predicted octanol–water partition coefficient (Wildman–Crippen LogP) is 2.92. The number of nitrogens with one attached hydrogen (secondary N) is 1. The zero-order chi connectivity index (χ0) is 19.3. The van der Waals surface area contributed by atoms with Gasteiger partial charge in [-0.3, -0.25) is 9.69 Å². The highest BCUT2D eigenvalue weighted by atomic mass is 16.4. The molecule has 2 fully saturated rings. The van der Waals surface area contributed by atoms with E-state index in [9.17, 15) is 4.79 Å². The molecule has 0 spiro atoms. The summed E-state index contributed by atoms with van der Waals surface area (Å²) in [6.45, 7) is 8.24. The van der Waals surface area contributed by atoms with Crippen molar-refractivity contribution in [2.75, 3.05) is 26.2 Å². The molecule has 1 amide bonds. The van der Waals surface area contributed by atoms with Crippen molar-refractivity contribution >= 4 is 5.91 Å². The number of oxazole rings is 1. The molecule has 1 aromatic heterocycles. The average molecular weight is 377 g/mol. The van der Waals surface area contributed by atoms with E-state index in [4.69, 9.17) is 10.2 Å². The van der Waals surface area contributed by atoms with Crippen LogP contribution < -0.4 is 11.1 Å². The van der Waals surface area contributed by atoms with Gasteiger partial charge < -0.3 is 15.5 Å². The van der Waals surface area contributed by atoms with Crippen LogP contribution in [-0.4, -0.2) is 42.0 Å². The van der Waals surface area contributed by atoms with Gasteiger partial charge in [-0.15, -0.1) is 0 Å². The van der Waals surface area contributed by atoms with Gasteiger partial charge in [-0.2, -0.15) is 0 Å². The minimum absolute atomic E-state index is 0.0536. The molecule has 0 aromatic carbocycles. The largest absolute Gasteiger partial charge is 0.444 e. The fourth-order valence-corrected chi connectivity index (χ4v) is 4.56. The number of carbonyl (C=O) groups excluding carboxylic acids is 1. The second kappa shape index (κ2) is 9.20. The van der Waals surface area contributed by atoms with E-state index in [0.29, 0.717) is 18.9 Å². The first-order chi connectivity index (χ1) is 13.0. The van der Waals surface area contributed by atoms with Crippen LogP contribution in [0.25, 0.3) is 0 Å². The van der Waals surface area contributed by atoms with E-state index in [2.05, 4.69) is 15.2 Å². The highest BCUT2D eigenvalue weighted by Crippen LogP contribution is 2.38. The molecule has 2 heterocycles. The van der Waals surface area contributed by atoms with Crippen molar-refractivity contribution in [2.24, 2.45) is 17.1 Å². The Kier molecular flexibility index (Phi) is 6.93. The molecule has 0 bridgehead atoms. The summed E-state index contributed by atoms with van der Waals surface area (Å²) in [6.07, 6.45) is 8.75. The van der Waals surface area contributed by atoms with E-state index >= 15 is 0 Å². The van der Waals surface area contributed by atoms with E-state index < -0.39 is 0 Å². The Morgan fingerprint density at radius 2 is 1.96 bits per heavy atom. The Balaban J connectivity index is 1.37. The Morgan fingerprint density at radius 3 is 2.56 bits per heavy atom. The SMILES string of the molecule is Cc1nc(CN2CCC(CNC(=O)CC3(CN)CCCCC3)CC2)oc1C. The van der Waals surface area contributed by atoms with E-state index in [1.165, 1.54) is 19.3 Å². The summed E-state index contributed by atoms with van der Waals surface area (Å²) >= 11 is 0. The van der Waals surface area contributed by atoms with Crippen molar-refractivity contribution in [3.63, 3.8) is 0 Å². The molecule has 2 aliphatic rings. The standard InChI is InChI=1S/C21H36N4O2/c1-16-17(2)27-20(24-16)14-25-10-6-18(7-11-25)13-23-19(26)12-21(15-22)8-4-3-5-9-21/h18H,3-15,22H2,1-2H3,(H,23,26). The van der Waals surface area contributed by atoms with Crippen LogP contribution in [0.2, 0.25) is 0 Å². The summed E-state index contributed by atoms with van der Waals surface area (Å²) in [5.74, 6) is 2.49. The molecule has 6 nitrogen and oxygen atoms in total. The van der Waals surface area contributed by atoms with Crippen LogP contribution in [0.15, 0.2) is 4.42 Å². The quantitative estimate of drug-likeness (QED) is 0.764. The first-order valence-electron chi connectivity index (χ1n) is 10.6. The molecule has 1 aliphatic heterocycles. The molecule has 1 saturated carbocycles. The lowest BCUT2D eigenvalue weighted by atomic mass is 9.71. The van der Waals surface area contributed by atoms with E-state index in [1.807, 2.05) is 13.8 Å². The number of aryl methyl sites for hydroxylation is 2. The molecule has 1 saturated heterocycles. The van der Waals surface area contributed by atoms with Gasteiger partial charge in [0.25, 0.3) is 0 Å². The Bertz CT molecular complexity index is 594. The van der Waals surface area contributed by atoms with Gasteiger partial charge in [0.2, 0.25) is 11.8 Å². The van der Waals surface area contributed by atoms with Gasteiger partial charge in [0.15, 0.2) is 0 Å². The van der Waals surface area contributed by atoms with Crippen LogP contribution in [0.3, 0.4) is 0 Å². The first-order valence-corrected chi connectivity index (χ1v) is 10.6. The van der Waals surface area contributed by atoms with E-state index in [1.54, 1.807) is 0 Å². The van der Waals surface area contributed by atoms with Gasteiger partial charge in [-0.25, -0.2) is 4.98 Å². The summed E-state index contributed by atoms with van der Waals surface area (Å²) in [5.41, 5.74) is 7.05. The molecule has 1 aromatic rings. The van der Waals surface area contributed by atoms with Gasteiger partial charge >= 0.3 is 0 Å². The van der Waals surface area contributed by atoms with Crippen molar-refractivity contribution in [1.82, 2.24) is 15.2 Å². The highest BCUT2D eigenvalue weighted by molar-refractivity contribution is 5.76. The van der Waals surface area contributed by atoms with Gasteiger partial charge in [0.1, 0.15) is 5.76 Å². The zero-order valence-corrected chi connectivity index (χ0v) is 17.1. The van der Waals surface area contributed by atoms with E-state index in [0.717, 1.165) is 69.2 Å². The fraction of sp³-hybridized carbons (Fsp3) is 0.810. The molecule has 3 N–H and O–H groups in total. The molecule has 0 radical (unpaired) electrons. The van der Waals surface area contributed by atoms with Crippen LogP contribution in [0.4, 0.5) is 0 Å². The number of hydrogen-bond acceptors (Lipinski definition) is 5. The summed E-state index contributed by atoms with van der Waals surface area (Å²) in [6, 6.07) is 0. The predicted molar refractivity (Wildman–Crippen MR) is 106 cm³/mol. The second-order valence-electron chi connectivity index (χ2n) is 8.71. The third kappa shape index (κ3) is 5.55. The lowest BCUT2D eigenvalue weighted by Gasteiger charge is -2.36. The normalized spacial score (nSPS) is 21.3. The van der Waals surface area contributed by atoms with Crippen LogP contribution in [0, 0.1) is 25.2 Å². The number of piperidine rings is 1. The van der Waals surface area contributed by atoms with Crippen LogP contribution in [0.5, 0.6) is 0 Å². The third-order valence-corrected chi connectivity index (χ3v) is 6.61. The Labute approximate surface area is 163 Å². The average Bonchev–Trinajstić information content (AvgIpc) is 2.99. The van der Waals surface area contributed by atoms with E-state index in [-0.39, 0.29) is 11.3 Å². The monoisotopic (exact) mass is 376 g/mol. The van der Waals surface area contributed by atoms with Crippen molar-refractivity contribution in [1.29, 1.82) is 0 Å². The maximum Gasteiger partial charge on any atom is 0.220 e. The molecule has 0 atom stereocenters. The second-order valence-corrected chi connectivity index (χ2v) is 8.71. The summed E-state index contributed by atoms with van der Waals surface area (Å²) < 4.78 is 5.70. The number of hydrogen-bond donors (Lipinski definition) is 2. The number of nitrogens with zero attached hydrogens (tertiary/aromatic N) is 2. The number of amides is 1. The van der Waals surface area contributed by atoms with Gasteiger partial charge in [-0.05, 0) is 70.5 Å². The number of carbonyl (C=O) groups is 1. The lowest BCUT2D eigenvalue weighted by Crippen LogP contribution is -2.41. The minimum Gasteiger partial charge on any atom is -0.444 e. The zero-order valence-electron chi connectivity index (χ0n) is 17.1. The third-order valence-electron chi connectivity index (χ3n) is 6.61. The fourth-order valence-electron chi connectivity index (χ4n) is 4.56.